The Morgan fingerprint density at radius 2 is 2.22 bits per heavy atom. The second-order valence-electron chi connectivity index (χ2n) is 5.60. The number of nitrogens with zero attached hydrogens (tertiary/aromatic N) is 4. The predicted molar refractivity (Wildman–Crippen MR) is 83.2 cm³/mol. The lowest BCUT2D eigenvalue weighted by molar-refractivity contribution is 0.161. The molecule has 2 aliphatic heterocycles. The van der Waals surface area contributed by atoms with Crippen LogP contribution in [0.3, 0.4) is 0 Å². The molecule has 0 bridgehead atoms. The molecule has 2 saturated heterocycles. The molecule has 0 radical (unpaired) electrons. The van der Waals surface area contributed by atoms with Gasteiger partial charge in [-0.1, -0.05) is 0 Å². The fraction of sp³-hybridized carbons (Fsp3) is 0.385. The number of fused-ring (bicyclic) bond motifs is 2. The Bertz CT molecular complexity index is 863. The van der Waals surface area contributed by atoms with Gasteiger partial charge >= 0.3 is 6.03 Å². The van der Waals surface area contributed by atoms with Crippen LogP contribution in [0.1, 0.15) is 0 Å². The summed E-state index contributed by atoms with van der Waals surface area (Å²) in [6.45, 7) is 1.41. The summed E-state index contributed by atoms with van der Waals surface area (Å²) in [4.78, 5) is 18.2. The standard InChI is InChI=1S/C13H16N6O3S/c20-13(16-10-1-2-12-14-3-4-17(12)8-10)18-5-6-19-11(9-18)7-15-23(19,21)22/h1-4,8,11,15H,5-7,9H2,(H,16,20). The van der Waals surface area contributed by atoms with Gasteiger partial charge in [0.05, 0.1) is 11.7 Å². The van der Waals surface area contributed by atoms with E-state index < -0.39 is 10.2 Å². The first kappa shape index (κ1) is 14.4. The van der Waals surface area contributed by atoms with Crippen molar-refractivity contribution < 1.29 is 13.2 Å². The minimum absolute atomic E-state index is 0.198. The summed E-state index contributed by atoms with van der Waals surface area (Å²) in [6, 6.07) is 3.18. The third kappa shape index (κ3) is 2.54. The molecule has 2 amide bonds. The van der Waals surface area contributed by atoms with Gasteiger partial charge in [-0.3, -0.25) is 0 Å². The number of aromatic nitrogens is 2. The van der Waals surface area contributed by atoms with E-state index >= 15 is 0 Å². The molecular formula is C13H16N6O3S. The van der Waals surface area contributed by atoms with Crippen molar-refractivity contribution in [3.63, 3.8) is 0 Å². The molecule has 2 N–H and O–H groups in total. The highest BCUT2D eigenvalue weighted by Crippen LogP contribution is 2.19. The third-order valence-electron chi connectivity index (χ3n) is 4.17. The predicted octanol–water partition coefficient (Wildman–Crippen LogP) is -0.300. The third-order valence-corrected chi connectivity index (χ3v) is 5.80. The molecule has 9 nitrogen and oxygen atoms in total. The van der Waals surface area contributed by atoms with Gasteiger partial charge in [-0.25, -0.2) is 14.5 Å². The SMILES string of the molecule is O=C(Nc1ccc2nccn2c1)N1CCN2C(CNS2(=O)=O)C1. The van der Waals surface area contributed by atoms with Crippen molar-refractivity contribution in [1.82, 2.24) is 23.3 Å². The Kier molecular flexibility index (Phi) is 3.25. The smallest absolute Gasteiger partial charge is 0.321 e. The van der Waals surface area contributed by atoms with E-state index in [0.717, 1.165) is 5.65 Å². The van der Waals surface area contributed by atoms with Crippen LogP contribution in [0.25, 0.3) is 5.65 Å². The molecular weight excluding hydrogens is 320 g/mol. The molecule has 0 aromatic carbocycles. The molecule has 1 unspecified atom stereocenters. The van der Waals surface area contributed by atoms with E-state index in [9.17, 15) is 13.2 Å². The van der Waals surface area contributed by atoms with Crippen LogP contribution in [0.15, 0.2) is 30.7 Å². The molecule has 10 heteroatoms. The van der Waals surface area contributed by atoms with Gasteiger partial charge in [-0.2, -0.15) is 12.7 Å². The number of carbonyl (C=O) groups is 1. The molecule has 2 fully saturated rings. The van der Waals surface area contributed by atoms with Crippen LogP contribution in [0.4, 0.5) is 10.5 Å². The minimum atomic E-state index is -3.36. The zero-order chi connectivity index (χ0) is 16.0. The second-order valence-corrected chi connectivity index (χ2v) is 7.31. The summed E-state index contributed by atoms with van der Waals surface area (Å²) < 4.78 is 29.2. The number of hydrogen-bond donors (Lipinski definition) is 2. The normalized spacial score (nSPS) is 23.8. The van der Waals surface area contributed by atoms with E-state index in [4.69, 9.17) is 0 Å². The first-order valence-corrected chi connectivity index (χ1v) is 8.72. The van der Waals surface area contributed by atoms with Crippen molar-refractivity contribution in [3.8, 4) is 0 Å². The average Bonchev–Trinajstić information content (AvgIpc) is 3.11. The molecule has 2 aromatic heterocycles. The van der Waals surface area contributed by atoms with Crippen LogP contribution in [-0.2, 0) is 10.2 Å². The highest BCUT2D eigenvalue weighted by molar-refractivity contribution is 7.87. The molecule has 2 aliphatic rings. The summed E-state index contributed by atoms with van der Waals surface area (Å²) in [5, 5.41) is 2.84. The maximum absolute atomic E-state index is 12.4. The zero-order valence-corrected chi connectivity index (χ0v) is 13.0. The molecule has 4 rings (SSSR count). The van der Waals surface area contributed by atoms with Crippen LogP contribution in [0.2, 0.25) is 0 Å². The number of rotatable bonds is 1. The first-order chi connectivity index (χ1) is 11.0. The van der Waals surface area contributed by atoms with Crippen molar-refractivity contribution in [2.24, 2.45) is 0 Å². The number of piperazine rings is 1. The van der Waals surface area contributed by atoms with Gasteiger partial charge in [-0.15, -0.1) is 0 Å². The lowest BCUT2D eigenvalue weighted by atomic mass is 10.2. The first-order valence-electron chi connectivity index (χ1n) is 7.28. The Morgan fingerprint density at radius 3 is 3.09 bits per heavy atom. The molecule has 4 heterocycles. The number of imidazole rings is 1. The van der Waals surface area contributed by atoms with E-state index in [1.54, 1.807) is 29.6 Å². The summed E-state index contributed by atoms with van der Waals surface area (Å²) in [7, 11) is -3.36. The van der Waals surface area contributed by atoms with Crippen LogP contribution >= 0.6 is 0 Å². The van der Waals surface area contributed by atoms with Crippen LogP contribution in [-0.4, -0.2) is 65.3 Å². The largest absolute Gasteiger partial charge is 0.322 e. The van der Waals surface area contributed by atoms with Crippen molar-refractivity contribution in [3.05, 3.63) is 30.7 Å². The molecule has 0 aliphatic carbocycles. The lowest BCUT2D eigenvalue weighted by Crippen LogP contribution is -2.54. The van der Waals surface area contributed by atoms with Gasteiger partial charge in [0.15, 0.2) is 0 Å². The minimum Gasteiger partial charge on any atom is -0.322 e. The average molecular weight is 336 g/mol. The quantitative estimate of drug-likeness (QED) is 0.747. The molecule has 0 spiro atoms. The Morgan fingerprint density at radius 1 is 1.35 bits per heavy atom. The summed E-state index contributed by atoms with van der Waals surface area (Å²) in [5.41, 5.74) is 1.47. The Hall–Kier alpha value is -2.17. The van der Waals surface area contributed by atoms with E-state index in [1.165, 1.54) is 4.31 Å². The number of amides is 2. The van der Waals surface area contributed by atoms with E-state index in [1.807, 2.05) is 10.5 Å². The van der Waals surface area contributed by atoms with Gasteiger partial charge < -0.3 is 14.6 Å². The Balaban J connectivity index is 1.45. The van der Waals surface area contributed by atoms with Gasteiger partial charge in [0.25, 0.3) is 10.2 Å². The molecule has 2 aromatic rings. The summed E-state index contributed by atoms with van der Waals surface area (Å²) in [5.74, 6) is 0. The number of pyridine rings is 1. The van der Waals surface area contributed by atoms with Crippen molar-refractivity contribution in [2.45, 2.75) is 6.04 Å². The molecule has 1 atom stereocenters. The van der Waals surface area contributed by atoms with E-state index in [0.29, 0.717) is 31.9 Å². The van der Waals surface area contributed by atoms with Crippen molar-refractivity contribution in [1.29, 1.82) is 0 Å². The van der Waals surface area contributed by atoms with Gasteiger partial charge in [0.2, 0.25) is 0 Å². The van der Waals surface area contributed by atoms with Crippen LogP contribution in [0, 0.1) is 0 Å². The topological polar surface area (TPSA) is 99.1 Å². The molecule has 122 valence electrons. The van der Waals surface area contributed by atoms with Gasteiger partial charge in [-0.05, 0) is 12.1 Å². The monoisotopic (exact) mass is 336 g/mol. The van der Waals surface area contributed by atoms with Gasteiger partial charge in [0.1, 0.15) is 5.65 Å². The lowest BCUT2D eigenvalue weighted by Gasteiger charge is -2.35. The zero-order valence-electron chi connectivity index (χ0n) is 12.2. The van der Waals surface area contributed by atoms with Crippen LogP contribution < -0.4 is 10.0 Å². The van der Waals surface area contributed by atoms with Crippen molar-refractivity contribution in [2.75, 3.05) is 31.5 Å². The number of urea groups is 1. The highest BCUT2D eigenvalue weighted by atomic mass is 32.2. The number of anilines is 1. The van der Waals surface area contributed by atoms with E-state index in [2.05, 4.69) is 15.0 Å². The number of hydrogen-bond acceptors (Lipinski definition) is 4. The summed E-state index contributed by atoms with van der Waals surface area (Å²) in [6.07, 6.45) is 5.28. The fourth-order valence-electron chi connectivity index (χ4n) is 2.99. The van der Waals surface area contributed by atoms with Crippen LogP contribution in [0.5, 0.6) is 0 Å². The molecule has 0 saturated carbocycles. The Labute approximate surface area is 133 Å². The van der Waals surface area contributed by atoms with Crippen molar-refractivity contribution >= 4 is 27.6 Å². The fourth-order valence-corrected chi connectivity index (χ4v) is 4.41. The number of carbonyl (C=O) groups excluding carboxylic acids is 1. The maximum atomic E-state index is 12.4. The van der Waals surface area contributed by atoms with Gasteiger partial charge in [0, 0.05) is 44.8 Å². The maximum Gasteiger partial charge on any atom is 0.321 e. The highest BCUT2D eigenvalue weighted by Gasteiger charge is 2.41. The summed E-state index contributed by atoms with van der Waals surface area (Å²) >= 11 is 0. The second kappa shape index (κ2) is 5.18. The molecule has 23 heavy (non-hydrogen) atoms. The number of nitrogens with one attached hydrogen (secondary N) is 2. The van der Waals surface area contributed by atoms with E-state index in [-0.39, 0.29) is 12.1 Å².